The summed E-state index contributed by atoms with van der Waals surface area (Å²) in [6.07, 6.45) is 3.31. The molecule has 5 nitrogen and oxygen atoms in total. The molecule has 0 saturated carbocycles. The predicted octanol–water partition coefficient (Wildman–Crippen LogP) is 2.72. The maximum Gasteiger partial charge on any atom is 0.170 e. The minimum atomic E-state index is 0.174. The van der Waals surface area contributed by atoms with Gasteiger partial charge in [-0.25, -0.2) is 0 Å². The molecule has 0 atom stereocenters. The number of nitrogens with zero attached hydrogens (tertiary/aromatic N) is 4. The van der Waals surface area contributed by atoms with Crippen molar-refractivity contribution in [2.45, 2.75) is 52.1 Å². The van der Waals surface area contributed by atoms with E-state index in [1.807, 2.05) is 30.3 Å². The summed E-state index contributed by atoms with van der Waals surface area (Å²) < 4.78 is 1.79. The third-order valence-corrected chi connectivity index (χ3v) is 4.19. The lowest BCUT2D eigenvalue weighted by Crippen LogP contribution is -2.43. The minimum absolute atomic E-state index is 0.174. The van der Waals surface area contributed by atoms with Crippen LogP contribution in [0.25, 0.3) is 5.69 Å². The molecular weight excluding hydrogens is 250 g/mol. The molecule has 1 heterocycles. The highest BCUT2D eigenvalue weighted by molar-refractivity contribution is 5.30. The summed E-state index contributed by atoms with van der Waals surface area (Å²) in [4.78, 5) is 0. The van der Waals surface area contributed by atoms with Crippen molar-refractivity contribution in [2.75, 3.05) is 0 Å². The summed E-state index contributed by atoms with van der Waals surface area (Å²) >= 11 is 0. The van der Waals surface area contributed by atoms with E-state index >= 15 is 0 Å². The Balaban J connectivity index is 2.14. The molecule has 108 valence electrons. The van der Waals surface area contributed by atoms with Gasteiger partial charge in [-0.15, -0.1) is 5.10 Å². The van der Waals surface area contributed by atoms with Gasteiger partial charge in [-0.05, 0) is 41.8 Å². The molecule has 1 N–H and O–H groups in total. The molecule has 2 aromatic rings. The van der Waals surface area contributed by atoms with Gasteiger partial charge in [0, 0.05) is 5.54 Å². The molecular formula is C15H23N5. The van der Waals surface area contributed by atoms with Crippen molar-refractivity contribution in [3.8, 4) is 5.69 Å². The third-order valence-electron chi connectivity index (χ3n) is 4.19. The second kappa shape index (κ2) is 6.61. The lowest BCUT2D eigenvalue weighted by Gasteiger charge is -2.31. The van der Waals surface area contributed by atoms with E-state index in [0.717, 1.165) is 30.8 Å². The Morgan fingerprint density at radius 3 is 2.30 bits per heavy atom. The van der Waals surface area contributed by atoms with E-state index in [0.29, 0.717) is 6.54 Å². The Kier molecular flexibility index (Phi) is 4.84. The van der Waals surface area contributed by atoms with Gasteiger partial charge in [0.1, 0.15) is 0 Å². The molecule has 1 aromatic heterocycles. The molecule has 0 radical (unpaired) electrons. The SMILES string of the molecule is CCC(CC)(CC)NCc1nnnn1-c1ccccc1. The topological polar surface area (TPSA) is 55.6 Å². The van der Waals surface area contributed by atoms with Crippen LogP contribution in [0.1, 0.15) is 45.9 Å². The summed E-state index contributed by atoms with van der Waals surface area (Å²) in [5, 5.41) is 15.6. The number of benzene rings is 1. The number of para-hydroxylation sites is 1. The van der Waals surface area contributed by atoms with Crippen LogP contribution >= 0.6 is 0 Å². The molecule has 0 aliphatic rings. The minimum Gasteiger partial charge on any atom is -0.304 e. The first-order valence-corrected chi connectivity index (χ1v) is 7.32. The molecule has 0 spiro atoms. The Morgan fingerprint density at radius 1 is 1.05 bits per heavy atom. The Hall–Kier alpha value is -1.75. The maximum absolute atomic E-state index is 4.14. The van der Waals surface area contributed by atoms with Crippen molar-refractivity contribution < 1.29 is 0 Å². The van der Waals surface area contributed by atoms with Crippen LogP contribution in [-0.2, 0) is 6.54 Å². The van der Waals surface area contributed by atoms with E-state index in [-0.39, 0.29) is 5.54 Å². The first kappa shape index (κ1) is 14.7. The second-order valence-electron chi connectivity index (χ2n) is 5.04. The maximum atomic E-state index is 4.14. The number of hydrogen-bond donors (Lipinski definition) is 1. The smallest absolute Gasteiger partial charge is 0.170 e. The standard InChI is InChI=1S/C15H23N5/c1-4-15(5-2,6-3)16-12-14-17-18-19-20(14)13-10-8-7-9-11-13/h7-11,16H,4-6,12H2,1-3H3. The van der Waals surface area contributed by atoms with Crippen molar-refractivity contribution in [3.63, 3.8) is 0 Å². The van der Waals surface area contributed by atoms with E-state index in [2.05, 4.69) is 41.6 Å². The second-order valence-corrected chi connectivity index (χ2v) is 5.04. The Morgan fingerprint density at radius 2 is 1.70 bits per heavy atom. The zero-order chi connectivity index (χ0) is 14.4. The average Bonchev–Trinajstić information content (AvgIpc) is 2.99. The molecule has 0 bridgehead atoms. The van der Waals surface area contributed by atoms with E-state index in [1.54, 1.807) is 4.68 Å². The first-order chi connectivity index (χ1) is 9.74. The molecule has 0 amide bonds. The fourth-order valence-corrected chi connectivity index (χ4v) is 2.48. The summed E-state index contributed by atoms with van der Waals surface area (Å²) in [6, 6.07) is 9.98. The number of rotatable bonds is 7. The quantitative estimate of drug-likeness (QED) is 0.842. The third kappa shape index (κ3) is 3.04. The number of aromatic nitrogens is 4. The molecule has 0 fully saturated rings. The molecule has 20 heavy (non-hydrogen) atoms. The zero-order valence-corrected chi connectivity index (χ0v) is 12.5. The van der Waals surface area contributed by atoms with Gasteiger partial charge in [-0.2, -0.15) is 4.68 Å². The lowest BCUT2D eigenvalue weighted by molar-refractivity contribution is 0.284. The van der Waals surface area contributed by atoms with E-state index < -0.39 is 0 Å². The van der Waals surface area contributed by atoms with Crippen LogP contribution in [-0.4, -0.2) is 25.7 Å². The summed E-state index contributed by atoms with van der Waals surface area (Å²) in [6.45, 7) is 7.35. The van der Waals surface area contributed by atoms with Crippen LogP contribution < -0.4 is 5.32 Å². The fourth-order valence-electron chi connectivity index (χ4n) is 2.48. The molecule has 0 aliphatic carbocycles. The highest BCUT2D eigenvalue weighted by Gasteiger charge is 2.23. The number of hydrogen-bond acceptors (Lipinski definition) is 4. The van der Waals surface area contributed by atoms with Gasteiger partial charge in [-0.1, -0.05) is 39.0 Å². The fraction of sp³-hybridized carbons (Fsp3) is 0.533. The lowest BCUT2D eigenvalue weighted by atomic mass is 9.90. The van der Waals surface area contributed by atoms with Gasteiger partial charge in [0.2, 0.25) is 0 Å². The van der Waals surface area contributed by atoms with Crippen molar-refractivity contribution >= 4 is 0 Å². The van der Waals surface area contributed by atoms with Gasteiger partial charge in [0.05, 0.1) is 12.2 Å². The molecule has 5 heteroatoms. The Labute approximate surface area is 120 Å². The van der Waals surface area contributed by atoms with Crippen LogP contribution in [0.2, 0.25) is 0 Å². The van der Waals surface area contributed by atoms with E-state index in [4.69, 9.17) is 0 Å². The first-order valence-electron chi connectivity index (χ1n) is 7.32. The van der Waals surface area contributed by atoms with E-state index in [9.17, 15) is 0 Å². The van der Waals surface area contributed by atoms with Crippen LogP contribution in [0.15, 0.2) is 30.3 Å². The van der Waals surface area contributed by atoms with Crippen molar-refractivity contribution in [2.24, 2.45) is 0 Å². The van der Waals surface area contributed by atoms with Gasteiger partial charge in [0.15, 0.2) is 5.82 Å². The van der Waals surface area contributed by atoms with Crippen molar-refractivity contribution in [1.82, 2.24) is 25.5 Å². The van der Waals surface area contributed by atoms with Crippen LogP contribution in [0.3, 0.4) is 0 Å². The van der Waals surface area contributed by atoms with Gasteiger partial charge < -0.3 is 5.32 Å². The summed E-state index contributed by atoms with van der Waals surface area (Å²) in [5.74, 6) is 0.843. The molecule has 0 saturated heterocycles. The normalized spacial score (nSPS) is 11.8. The van der Waals surface area contributed by atoms with Crippen LogP contribution in [0.5, 0.6) is 0 Å². The highest BCUT2D eigenvalue weighted by Crippen LogP contribution is 2.20. The van der Waals surface area contributed by atoms with Crippen LogP contribution in [0.4, 0.5) is 0 Å². The average molecular weight is 273 g/mol. The summed E-state index contributed by atoms with van der Waals surface area (Å²) in [7, 11) is 0. The predicted molar refractivity (Wildman–Crippen MR) is 79.6 cm³/mol. The molecule has 2 rings (SSSR count). The largest absolute Gasteiger partial charge is 0.304 e. The number of nitrogens with one attached hydrogen (secondary N) is 1. The van der Waals surface area contributed by atoms with E-state index in [1.165, 1.54) is 0 Å². The summed E-state index contributed by atoms with van der Waals surface area (Å²) in [5.41, 5.74) is 1.16. The molecule has 0 aliphatic heterocycles. The highest BCUT2D eigenvalue weighted by atomic mass is 15.5. The van der Waals surface area contributed by atoms with Gasteiger partial charge >= 0.3 is 0 Å². The monoisotopic (exact) mass is 273 g/mol. The van der Waals surface area contributed by atoms with Crippen molar-refractivity contribution in [1.29, 1.82) is 0 Å². The Bertz CT molecular complexity index is 508. The zero-order valence-electron chi connectivity index (χ0n) is 12.5. The molecule has 1 aromatic carbocycles. The molecule has 0 unspecified atom stereocenters. The van der Waals surface area contributed by atoms with Crippen LogP contribution in [0, 0.1) is 0 Å². The van der Waals surface area contributed by atoms with Gasteiger partial charge in [-0.3, -0.25) is 0 Å². The number of tetrazole rings is 1. The van der Waals surface area contributed by atoms with Crippen molar-refractivity contribution in [3.05, 3.63) is 36.2 Å². The van der Waals surface area contributed by atoms with Gasteiger partial charge in [0.25, 0.3) is 0 Å².